The highest BCUT2D eigenvalue weighted by Crippen LogP contribution is 2.24. The zero-order valence-corrected chi connectivity index (χ0v) is 11.7. The van der Waals surface area contributed by atoms with Crippen LogP contribution in [0.2, 0.25) is 0 Å². The van der Waals surface area contributed by atoms with Crippen LogP contribution in [0.1, 0.15) is 46.5 Å². The molecule has 0 radical (unpaired) electrons. The Bertz CT molecular complexity index is 400. The van der Waals surface area contributed by atoms with Crippen LogP contribution >= 0.6 is 0 Å². The lowest BCUT2D eigenvalue weighted by molar-refractivity contribution is -0.130. The van der Waals surface area contributed by atoms with Crippen molar-refractivity contribution in [3.05, 3.63) is 0 Å². The molecule has 0 saturated heterocycles. The van der Waals surface area contributed by atoms with Crippen LogP contribution in [0.4, 0.5) is 4.79 Å². The lowest BCUT2D eigenvalue weighted by atomic mass is 9.86. The van der Waals surface area contributed by atoms with Gasteiger partial charge >= 0.3 is 12.1 Å². The first-order valence-corrected chi connectivity index (χ1v) is 6.50. The quantitative estimate of drug-likeness (QED) is 0.714. The molecule has 5 nitrogen and oxygen atoms in total. The number of hydrogen-bond acceptors (Lipinski definition) is 3. The molecule has 1 fully saturated rings. The van der Waals surface area contributed by atoms with E-state index >= 15 is 0 Å². The summed E-state index contributed by atoms with van der Waals surface area (Å²) in [5.74, 6) is 3.80. The number of rotatable bonds is 1. The van der Waals surface area contributed by atoms with Crippen LogP contribution < -0.4 is 5.32 Å². The fourth-order valence-electron chi connectivity index (χ4n) is 2.09. The van der Waals surface area contributed by atoms with E-state index in [1.165, 1.54) is 0 Å². The van der Waals surface area contributed by atoms with Crippen molar-refractivity contribution in [3.63, 3.8) is 0 Å². The molecule has 2 N–H and O–H groups in total. The first kappa shape index (κ1) is 15.4. The number of carbonyl (C=O) groups excluding carboxylic acids is 1. The molecule has 1 rings (SSSR count). The van der Waals surface area contributed by atoms with Crippen molar-refractivity contribution in [3.8, 4) is 11.8 Å². The molecule has 1 aliphatic carbocycles. The number of aliphatic carboxylic acids is 1. The highest BCUT2D eigenvalue weighted by molar-refractivity contribution is 5.86. The fourth-order valence-corrected chi connectivity index (χ4v) is 2.09. The van der Waals surface area contributed by atoms with Crippen LogP contribution in [0.15, 0.2) is 0 Å². The first-order chi connectivity index (χ1) is 8.76. The fraction of sp³-hybridized carbons (Fsp3) is 0.714. The Morgan fingerprint density at radius 2 is 2.00 bits per heavy atom. The number of carboxylic acids is 1. The molecular formula is C14H21NO4. The SMILES string of the molecule is CC(C)(C)OC(=O)N[C@@H]1CCC[C@H](C#CC(=O)O)C1. The van der Waals surface area contributed by atoms with Gasteiger partial charge in [-0.15, -0.1) is 0 Å². The van der Waals surface area contributed by atoms with Gasteiger partial charge in [-0.05, 0) is 40.0 Å². The second-order valence-corrected chi connectivity index (χ2v) is 5.78. The monoisotopic (exact) mass is 267 g/mol. The molecule has 0 aromatic heterocycles. The van der Waals surface area contributed by atoms with Crippen LogP contribution in [0, 0.1) is 17.8 Å². The topological polar surface area (TPSA) is 75.6 Å². The average Bonchev–Trinajstić information content (AvgIpc) is 2.24. The van der Waals surface area contributed by atoms with Crippen molar-refractivity contribution in [1.82, 2.24) is 5.32 Å². The summed E-state index contributed by atoms with van der Waals surface area (Å²) in [5, 5.41) is 11.3. The molecule has 1 aliphatic rings. The number of hydrogen-bond donors (Lipinski definition) is 2. The van der Waals surface area contributed by atoms with Crippen molar-refractivity contribution < 1.29 is 19.4 Å². The maximum absolute atomic E-state index is 11.6. The van der Waals surface area contributed by atoms with Crippen molar-refractivity contribution in [1.29, 1.82) is 0 Å². The molecule has 5 heteroatoms. The summed E-state index contributed by atoms with van der Waals surface area (Å²) in [7, 11) is 0. The van der Waals surface area contributed by atoms with Crippen LogP contribution in [0.5, 0.6) is 0 Å². The van der Waals surface area contributed by atoms with Crippen molar-refractivity contribution in [2.75, 3.05) is 0 Å². The molecule has 106 valence electrons. The molecule has 0 unspecified atom stereocenters. The zero-order valence-electron chi connectivity index (χ0n) is 11.7. The summed E-state index contributed by atoms with van der Waals surface area (Å²) in [5.41, 5.74) is -0.513. The second kappa shape index (κ2) is 6.46. The maximum atomic E-state index is 11.6. The summed E-state index contributed by atoms with van der Waals surface area (Å²) in [6.07, 6.45) is 2.94. The van der Waals surface area contributed by atoms with Crippen LogP contribution in [0.25, 0.3) is 0 Å². The lowest BCUT2D eigenvalue weighted by Gasteiger charge is -2.28. The normalized spacial score (nSPS) is 22.9. The molecule has 2 atom stereocenters. The highest BCUT2D eigenvalue weighted by Gasteiger charge is 2.24. The lowest BCUT2D eigenvalue weighted by Crippen LogP contribution is -2.41. The maximum Gasteiger partial charge on any atom is 0.407 e. The van der Waals surface area contributed by atoms with Crippen LogP contribution in [-0.2, 0) is 9.53 Å². The van der Waals surface area contributed by atoms with Gasteiger partial charge in [0.2, 0.25) is 0 Å². The number of carboxylic acid groups (broad SMARTS) is 1. The van der Waals surface area contributed by atoms with E-state index in [1.807, 2.05) is 20.8 Å². The largest absolute Gasteiger partial charge is 0.472 e. The van der Waals surface area contributed by atoms with Gasteiger partial charge in [0.1, 0.15) is 5.60 Å². The molecule has 0 bridgehead atoms. The Morgan fingerprint density at radius 1 is 1.32 bits per heavy atom. The Kier molecular flexibility index (Phi) is 5.22. The van der Waals surface area contributed by atoms with Crippen molar-refractivity contribution in [2.24, 2.45) is 5.92 Å². The molecule has 0 heterocycles. The van der Waals surface area contributed by atoms with Crippen molar-refractivity contribution in [2.45, 2.75) is 58.1 Å². The van der Waals surface area contributed by atoms with Gasteiger partial charge in [0, 0.05) is 17.9 Å². The van der Waals surface area contributed by atoms with Crippen LogP contribution in [0.3, 0.4) is 0 Å². The third-order valence-corrected chi connectivity index (χ3v) is 2.78. The van der Waals surface area contributed by atoms with Gasteiger partial charge in [0.15, 0.2) is 0 Å². The minimum absolute atomic E-state index is 0.0108. The third-order valence-electron chi connectivity index (χ3n) is 2.78. The summed E-state index contributed by atoms with van der Waals surface area (Å²) in [6, 6.07) is 0.0108. The Balaban J connectivity index is 2.45. The molecular weight excluding hydrogens is 246 g/mol. The van der Waals surface area contributed by atoms with E-state index in [4.69, 9.17) is 9.84 Å². The summed E-state index contributed by atoms with van der Waals surface area (Å²) in [6.45, 7) is 5.44. The zero-order chi connectivity index (χ0) is 14.5. The predicted molar refractivity (Wildman–Crippen MR) is 70.5 cm³/mol. The van der Waals surface area contributed by atoms with Gasteiger partial charge in [-0.2, -0.15) is 0 Å². The van der Waals surface area contributed by atoms with Gasteiger partial charge in [-0.3, -0.25) is 0 Å². The molecule has 0 spiro atoms. The van der Waals surface area contributed by atoms with Gasteiger partial charge < -0.3 is 15.2 Å². The number of nitrogens with one attached hydrogen (secondary N) is 1. The van der Waals surface area contributed by atoms with E-state index in [9.17, 15) is 9.59 Å². The molecule has 19 heavy (non-hydrogen) atoms. The smallest absolute Gasteiger partial charge is 0.407 e. The van der Waals surface area contributed by atoms with E-state index in [2.05, 4.69) is 17.2 Å². The van der Waals surface area contributed by atoms with E-state index in [0.717, 1.165) is 19.3 Å². The van der Waals surface area contributed by atoms with E-state index in [-0.39, 0.29) is 12.0 Å². The van der Waals surface area contributed by atoms with Crippen LogP contribution in [-0.4, -0.2) is 28.8 Å². The molecule has 0 aliphatic heterocycles. The summed E-state index contributed by atoms with van der Waals surface area (Å²) in [4.78, 5) is 22.0. The molecule has 0 aromatic rings. The molecule has 1 saturated carbocycles. The number of alkyl carbamates (subject to hydrolysis) is 1. The second-order valence-electron chi connectivity index (χ2n) is 5.78. The van der Waals surface area contributed by atoms with Gasteiger partial charge in [0.25, 0.3) is 0 Å². The van der Waals surface area contributed by atoms with Gasteiger partial charge in [-0.25, -0.2) is 9.59 Å². The van der Waals surface area contributed by atoms with E-state index < -0.39 is 17.7 Å². The minimum atomic E-state index is -1.11. The number of carbonyl (C=O) groups is 2. The Labute approximate surface area is 113 Å². The van der Waals surface area contributed by atoms with E-state index in [0.29, 0.717) is 6.42 Å². The highest BCUT2D eigenvalue weighted by atomic mass is 16.6. The standard InChI is InChI=1S/C14H21NO4/c1-14(2,3)19-13(18)15-11-6-4-5-10(9-11)7-8-12(16)17/h10-11H,4-6,9H2,1-3H3,(H,15,18)(H,16,17)/t10-,11-/m1/s1. The Hall–Kier alpha value is -1.70. The summed E-state index contributed by atoms with van der Waals surface area (Å²) < 4.78 is 5.19. The molecule has 1 amide bonds. The van der Waals surface area contributed by atoms with Gasteiger partial charge in [0.05, 0.1) is 0 Å². The number of ether oxygens (including phenoxy) is 1. The molecule has 0 aromatic carbocycles. The van der Waals surface area contributed by atoms with E-state index in [1.54, 1.807) is 0 Å². The van der Waals surface area contributed by atoms with Gasteiger partial charge in [-0.1, -0.05) is 12.3 Å². The Morgan fingerprint density at radius 3 is 2.58 bits per heavy atom. The summed E-state index contributed by atoms with van der Waals surface area (Å²) >= 11 is 0. The number of amides is 1. The first-order valence-electron chi connectivity index (χ1n) is 6.50. The third kappa shape index (κ3) is 6.70. The average molecular weight is 267 g/mol. The minimum Gasteiger partial charge on any atom is -0.472 e. The van der Waals surface area contributed by atoms with Crippen molar-refractivity contribution >= 4 is 12.1 Å². The predicted octanol–water partition coefficient (Wildman–Crippen LogP) is 2.16.